The Labute approximate surface area is 98.9 Å². The lowest BCUT2D eigenvalue weighted by Crippen LogP contribution is -2.17. The van der Waals surface area contributed by atoms with Gasteiger partial charge in [-0.1, -0.05) is 0 Å². The SMILES string of the molecule is CCOC(=O)C(=N)c1ccc(OC(C)=O)cc1. The summed E-state index contributed by atoms with van der Waals surface area (Å²) in [4.78, 5) is 22.0. The van der Waals surface area contributed by atoms with Crippen LogP contribution < -0.4 is 4.74 Å². The zero-order valence-electron chi connectivity index (χ0n) is 9.65. The number of nitrogens with one attached hydrogen (secondary N) is 1. The summed E-state index contributed by atoms with van der Waals surface area (Å²) in [7, 11) is 0. The highest BCUT2D eigenvalue weighted by Crippen LogP contribution is 2.13. The lowest BCUT2D eigenvalue weighted by molar-refractivity contribution is -0.135. The molecule has 0 heterocycles. The van der Waals surface area contributed by atoms with Gasteiger partial charge in [-0.25, -0.2) is 4.79 Å². The number of carbonyl (C=O) groups is 2. The largest absolute Gasteiger partial charge is 0.461 e. The van der Waals surface area contributed by atoms with Crippen LogP contribution in [0.15, 0.2) is 24.3 Å². The molecule has 0 fully saturated rings. The van der Waals surface area contributed by atoms with Crippen LogP contribution in [0.25, 0.3) is 0 Å². The maximum absolute atomic E-state index is 11.3. The van der Waals surface area contributed by atoms with E-state index in [4.69, 9.17) is 14.9 Å². The van der Waals surface area contributed by atoms with E-state index in [1.54, 1.807) is 6.92 Å². The Morgan fingerprint density at radius 1 is 1.24 bits per heavy atom. The molecule has 0 atom stereocenters. The highest BCUT2D eigenvalue weighted by atomic mass is 16.5. The van der Waals surface area contributed by atoms with E-state index in [-0.39, 0.29) is 12.3 Å². The molecule has 0 bridgehead atoms. The Hall–Kier alpha value is -2.17. The number of benzene rings is 1. The highest BCUT2D eigenvalue weighted by molar-refractivity contribution is 6.41. The Bertz CT molecular complexity index is 436. The fourth-order valence-electron chi connectivity index (χ4n) is 1.18. The molecule has 0 spiro atoms. The number of esters is 2. The van der Waals surface area contributed by atoms with Gasteiger partial charge in [-0.15, -0.1) is 0 Å². The van der Waals surface area contributed by atoms with Gasteiger partial charge in [0.15, 0.2) is 0 Å². The van der Waals surface area contributed by atoms with Crippen molar-refractivity contribution in [2.45, 2.75) is 13.8 Å². The molecule has 0 aromatic heterocycles. The van der Waals surface area contributed by atoms with Crippen LogP contribution in [0.2, 0.25) is 0 Å². The van der Waals surface area contributed by atoms with Gasteiger partial charge in [0.25, 0.3) is 0 Å². The van der Waals surface area contributed by atoms with Gasteiger partial charge < -0.3 is 9.47 Å². The molecule has 1 aromatic carbocycles. The first-order valence-corrected chi connectivity index (χ1v) is 5.09. The molecule has 1 aromatic rings. The van der Waals surface area contributed by atoms with Crippen LogP contribution >= 0.6 is 0 Å². The second-order valence-electron chi connectivity index (χ2n) is 3.21. The van der Waals surface area contributed by atoms with Crippen molar-refractivity contribution in [2.75, 3.05) is 6.61 Å². The number of rotatable bonds is 4. The summed E-state index contributed by atoms with van der Waals surface area (Å²) in [5, 5.41) is 7.57. The molecule has 1 rings (SSSR count). The molecule has 5 heteroatoms. The number of hydrogen-bond acceptors (Lipinski definition) is 5. The average molecular weight is 235 g/mol. The van der Waals surface area contributed by atoms with Crippen molar-refractivity contribution < 1.29 is 19.1 Å². The van der Waals surface area contributed by atoms with Crippen molar-refractivity contribution in [1.29, 1.82) is 5.41 Å². The molecule has 0 aliphatic heterocycles. The molecule has 0 aliphatic rings. The van der Waals surface area contributed by atoms with Crippen LogP contribution in [0.3, 0.4) is 0 Å². The normalized spacial score (nSPS) is 9.53. The monoisotopic (exact) mass is 235 g/mol. The third kappa shape index (κ3) is 3.71. The van der Waals surface area contributed by atoms with E-state index in [1.165, 1.54) is 31.2 Å². The van der Waals surface area contributed by atoms with Gasteiger partial charge in [-0.2, -0.15) is 0 Å². The van der Waals surface area contributed by atoms with Gasteiger partial charge in [0.1, 0.15) is 11.5 Å². The standard InChI is InChI=1S/C12H13NO4/c1-3-16-12(15)11(13)9-4-6-10(7-5-9)17-8(2)14/h4-7,13H,3H2,1-2H3. The molecular weight excluding hydrogens is 222 g/mol. The van der Waals surface area contributed by atoms with Crippen molar-refractivity contribution in [2.24, 2.45) is 0 Å². The summed E-state index contributed by atoms with van der Waals surface area (Å²) in [5.74, 6) is -0.719. The van der Waals surface area contributed by atoms with Crippen molar-refractivity contribution in [1.82, 2.24) is 0 Å². The van der Waals surface area contributed by atoms with Crippen LogP contribution in [-0.2, 0) is 14.3 Å². The lowest BCUT2D eigenvalue weighted by Gasteiger charge is -2.05. The zero-order chi connectivity index (χ0) is 12.8. The Morgan fingerprint density at radius 2 is 1.82 bits per heavy atom. The molecule has 17 heavy (non-hydrogen) atoms. The smallest absolute Gasteiger partial charge is 0.356 e. The van der Waals surface area contributed by atoms with Crippen LogP contribution in [0.1, 0.15) is 19.4 Å². The predicted molar refractivity (Wildman–Crippen MR) is 61.2 cm³/mol. The van der Waals surface area contributed by atoms with E-state index in [1.807, 2.05) is 0 Å². The zero-order valence-corrected chi connectivity index (χ0v) is 9.65. The molecule has 0 unspecified atom stereocenters. The summed E-state index contributed by atoms with van der Waals surface area (Å²) < 4.78 is 9.54. The molecule has 90 valence electrons. The molecule has 0 amide bonds. The van der Waals surface area contributed by atoms with E-state index in [0.29, 0.717) is 11.3 Å². The summed E-state index contributed by atoms with van der Waals surface area (Å²) in [6.07, 6.45) is 0. The van der Waals surface area contributed by atoms with Crippen molar-refractivity contribution in [3.8, 4) is 5.75 Å². The number of carbonyl (C=O) groups excluding carboxylic acids is 2. The first kappa shape index (κ1) is 12.9. The van der Waals surface area contributed by atoms with Gasteiger partial charge in [0.2, 0.25) is 0 Å². The fraction of sp³-hybridized carbons (Fsp3) is 0.250. The van der Waals surface area contributed by atoms with Crippen LogP contribution in [-0.4, -0.2) is 24.3 Å². The quantitative estimate of drug-likeness (QED) is 0.488. The minimum absolute atomic E-state index is 0.221. The van der Waals surface area contributed by atoms with Gasteiger partial charge in [0.05, 0.1) is 6.61 Å². The molecule has 0 aliphatic carbocycles. The summed E-state index contributed by atoms with van der Waals surface area (Å²) >= 11 is 0. The van der Waals surface area contributed by atoms with Crippen molar-refractivity contribution in [3.05, 3.63) is 29.8 Å². The fourth-order valence-corrected chi connectivity index (χ4v) is 1.18. The van der Waals surface area contributed by atoms with Crippen LogP contribution in [0.4, 0.5) is 0 Å². The minimum atomic E-state index is -0.673. The van der Waals surface area contributed by atoms with E-state index in [0.717, 1.165) is 0 Å². The molecule has 0 saturated carbocycles. The third-order valence-electron chi connectivity index (χ3n) is 1.88. The van der Waals surface area contributed by atoms with Crippen molar-refractivity contribution in [3.63, 3.8) is 0 Å². The van der Waals surface area contributed by atoms with E-state index in [2.05, 4.69) is 0 Å². The Balaban J connectivity index is 2.77. The van der Waals surface area contributed by atoms with E-state index < -0.39 is 11.9 Å². The Kier molecular flexibility index (Phi) is 4.39. The second kappa shape index (κ2) is 5.79. The lowest BCUT2D eigenvalue weighted by atomic mass is 10.1. The number of ether oxygens (including phenoxy) is 2. The predicted octanol–water partition coefficient (Wildman–Crippen LogP) is 1.54. The molecule has 1 N–H and O–H groups in total. The second-order valence-corrected chi connectivity index (χ2v) is 3.21. The summed E-state index contributed by atoms with van der Waals surface area (Å²) in [6.45, 7) is 3.20. The minimum Gasteiger partial charge on any atom is -0.461 e. The maximum Gasteiger partial charge on any atom is 0.356 e. The Morgan fingerprint density at radius 3 is 2.29 bits per heavy atom. The van der Waals surface area contributed by atoms with Gasteiger partial charge in [-0.05, 0) is 31.2 Å². The highest BCUT2D eigenvalue weighted by Gasteiger charge is 2.12. The van der Waals surface area contributed by atoms with Gasteiger partial charge in [-0.3, -0.25) is 10.2 Å². The molecular formula is C12H13NO4. The molecule has 0 radical (unpaired) electrons. The van der Waals surface area contributed by atoms with Crippen LogP contribution in [0.5, 0.6) is 5.75 Å². The first-order valence-electron chi connectivity index (χ1n) is 5.09. The van der Waals surface area contributed by atoms with Crippen molar-refractivity contribution >= 4 is 17.7 Å². The summed E-state index contributed by atoms with van der Waals surface area (Å²) in [6, 6.07) is 6.09. The third-order valence-corrected chi connectivity index (χ3v) is 1.88. The molecule has 0 saturated heterocycles. The van der Waals surface area contributed by atoms with Crippen LogP contribution in [0, 0.1) is 5.41 Å². The van der Waals surface area contributed by atoms with Gasteiger partial charge in [0, 0.05) is 12.5 Å². The maximum atomic E-state index is 11.3. The van der Waals surface area contributed by atoms with E-state index >= 15 is 0 Å². The number of hydrogen-bond donors (Lipinski definition) is 1. The van der Waals surface area contributed by atoms with Gasteiger partial charge >= 0.3 is 11.9 Å². The summed E-state index contributed by atoms with van der Waals surface area (Å²) in [5.41, 5.74) is 0.195. The first-order chi connectivity index (χ1) is 8.04. The topological polar surface area (TPSA) is 76.5 Å². The van der Waals surface area contributed by atoms with E-state index in [9.17, 15) is 9.59 Å². The molecule has 5 nitrogen and oxygen atoms in total. The average Bonchev–Trinajstić information content (AvgIpc) is 2.28.